The molecule has 0 spiro atoms. The summed E-state index contributed by atoms with van der Waals surface area (Å²) in [5.41, 5.74) is 2.45. The summed E-state index contributed by atoms with van der Waals surface area (Å²) in [7, 11) is 0. The molecule has 0 unspecified atom stereocenters. The molecule has 0 amide bonds. The van der Waals surface area contributed by atoms with Gasteiger partial charge in [-0.1, -0.05) is 12.1 Å². The van der Waals surface area contributed by atoms with Gasteiger partial charge in [0.05, 0.1) is 0 Å². The Kier molecular flexibility index (Phi) is 3.05. The highest BCUT2D eigenvalue weighted by atomic mass is 16.1. The number of aryl methyl sites for hydroxylation is 1. The molecule has 1 N–H and O–H groups in total. The molecule has 0 bridgehead atoms. The molecule has 0 radical (unpaired) electrons. The van der Waals surface area contributed by atoms with Crippen molar-refractivity contribution < 1.29 is 4.79 Å². The summed E-state index contributed by atoms with van der Waals surface area (Å²) in [5.74, 6) is 0.414. The van der Waals surface area contributed by atoms with Gasteiger partial charge in [-0.2, -0.15) is 0 Å². The van der Waals surface area contributed by atoms with Gasteiger partial charge in [0.15, 0.2) is 0 Å². The number of ketones is 1. The zero-order chi connectivity index (χ0) is 10.7. The molecular formula is C13H17NO. The van der Waals surface area contributed by atoms with Crippen LogP contribution >= 0.6 is 0 Å². The fourth-order valence-corrected chi connectivity index (χ4v) is 2.05. The Bertz CT molecular complexity index is 349. The molecule has 0 saturated heterocycles. The average molecular weight is 203 g/mol. The second-order valence-corrected chi connectivity index (χ2v) is 4.33. The highest BCUT2D eigenvalue weighted by molar-refractivity contribution is 5.79. The van der Waals surface area contributed by atoms with Crippen LogP contribution in [0.15, 0.2) is 24.3 Å². The van der Waals surface area contributed by atoms with Crippen LogP contribution in [0.2, 0.25) is 0 Å². The fraction of sp³-hybridized carbons (Fsp3) is 0.462. The highest BCUT2D eigenvalue weighted by Gasteiger charge is 2.17. The Labute approximate surface area is 90.7 Å². The van der Waals surface area contributed by atoms with Gasteiger partial charge in [0.25, 0.3) is 0 Å². The van der Waals surface area contributed by atoms with Gasteiger partial charge in [0.2, 0.25) is 0 Å². The van der Waals surface area contributed by atoms with Crippen LogP contribution in [-0.2, 0) is 4.79 Å². The van der Waals surface area contributed by atoms with Crippen LogP contribution in [-0.4, -0.2) is 11.8 Å². The molecule has 1 aromatic carbocycles. The summed E-state index contributed by atoms with van der Waals surface area (Å²) < 4.78 is 0. The minimum atomic E-state index is 0.414. The smallest absolute Gasteiger partial charge is 0.133 e. The van der Waals surface area contributed by atoms with Crippen molar-refractivity contribution >= 4 is 11.5 Å². The van der Waals surface area contributed by atoms with Gasteiger partial charge in [0.1, 0.15) is 5.78 Å². The lowest BCUT2D eigenvalue weighted by Gasteiger charge is -2.23. The topological polar surface area (TPSA) is 29.1 Å². The minimum Gasteiger partial charge on any atom is -0.382 e. The zero-order valence-electron chi connectivity index (χ0n) is 9.12. The van der Waals surface area contributed by atoms with Crippen LogP contribution in [0.3, 0.4) is 0 Å². The standard InChI is InChI=1S/C13H17NO/c1-10-3-2-4-12(9-10)14-11-5-7-13(15)8-6-11/h2-4,9,11,14H,5-8H2,1H3. The molecule has 1 aromatic rings. The predicted molar refractivity (Wildman–Crippen MR) is 62.1 cm³/mol. The van der Waals surface area contributed by atoms with E-state index in [0.29, 0.717) is 11.8 Å². The molecule has 0 heterocycles. The number of carbonyl (C=O) groups excluding carboxylic acids is 1. The molecule has 1 aliphatic carbocycles. The van der Waals surface area contributed by atoms with Crippen molar-refractivity contribution in [2.45, 2.75) is 38.6 Å². The number of Topliss-reactive ketones (excluding diaryl/α,β-unsaturated/α-hetero) is 1. The molecule has 15 heavy (non-hydrogen) atoms. The third kappa shape index (κ3) is 2.82. The van der Waals surface area contributed by atoms with Crippen molar-refractivity contribution in [3.63, 3.8) is 0 Å². The number of hydrogen-bond donors (Lipinski definition) is 1. The number of benzene rings is 1. The summed E-state index contributed by atoms with van der Waals surface area (Å²) in [6.07, 6.45) is 3.44. The van der Waals surface area contributed by atoms with Crippen LogP contribution in [0.4, 0.5) is 5.69 Å². The van der Waals surface area contributed by atoms with Crippen LogP contribution in [0, 0.1) is 6.92 Å². The van der Waals surface area contributed by atoms with Gasteiger partial charge < -0.3 is 5.32 Å². The van der Waals surface area contributed by atoms with Crippen molar-refractivity contribution in [3.05, 3.63) is 29.8 Å². The largest absolute Gasteiger partial charge is 0.382 e. The Morgan fingerprint density at radius 2 is 2.00 bits per heavy atom. The van der Waals surface area contributed by atoms with Gasteiger partial charge in [-0.15, -0.1) is 0 Å². The Hall–Kier alpha value is -1.31. The Balaban J connectivity index is 1.94. The van der Waals surface area contributed by atoms with E-state index in [1.807, 2.05) is 0 Å². The van der Waals surface area contributed by atoms with E-state index in [0.717, 1.165) is 25.7 Å². The molecule has 1 saturated carbocycles. The molecule has 2 rings (SSSR count). The van der Waals surface area contributed by atoms with Gasteiger partial charge in [0, 0.05) is 24.6 Å². The first-order valence-corrected chi connectivity index (χ1v) is 5.59. The maximum atomic E-state index is 11.1. The lowest BCUT2D eigenvalue weighted by Crippen LogP contribution is -2.25. The average Bonchev–Trinajstić information content (AvgIpc) is 2.22. The van der Waals surface area contributed by atoms with Gasteiger partial charge in [-0.05, 0) is 37.5 Å². The first-order chi connectivity index (χ1) is 7.24. The van der Waals surface area contributed by atoms with E-state index in [1.165, 1.54) is 11.3 Å². The number of carbonyl (C=O) groups is 1. The van der Waals surface area contributed by atoms with Gasteiger partial charge in [-0.25, -0.2) is 0 Å². The summed E-state index contributed by atoms with van der Waals surface area (Å²) in [5, 5.41) is 3.49. The highest BCUT2D eigenvalue weighted by Crippen LogP contribution is 2.20. The Morgan fingerprint density at radius 3 is 2.67 bits per heavy atom. The Morgan fingerprint density at radius 1 is 1.27 bits per heavy atom. The predicted octanol–water partition coefficient (Wildman–Crippen LogP) is 2.92. The summed E-state index contributed by atoms with van der Waals surface area (Å²) in [4.78, 5) is 11.1. The van der Waals surface area contributed by atoms with Crippen molar-refractivity contribution in [1.29, 1.82) is 0 Å². The quantitative estimate of drug-likeness (QED) is 0.800. The third-order valence-electron chi connectivity index (χ3n) is 2.93. The van der Waals surface area contributed by atoms with E-state index in [1.54, 1.807) is 0 Å². The summed E-state index contributed by atoms with van der Waals surface area (Å²) in [6, 6.07) is 8.87. The van der Waals surface area contributed by atoms with E-state index in [4.69, 9.17) is 0 Å². The van der Waals surface area contributed by atoms with Crippen molar-refractivity contribution in [1.82, 2.24) is 0 Å². The lowest BCUT2D eigenvalue weighted by atomic mass is 9.94. The van der Waals surface area contributed by atoms with E-state index in [2.05, 4.69) is 36.5 Å². The van der Waals surface area contributed by atoms with E-state index < -0.39 is 0 Å². The molecule has 1 aliphatic rings. The third-order valence-corrected chi connectivity index (χ3v) is 2.93. The van der Waals surface area contributed by atoms with Crippen molar-refractivity contribution in [3.8, 4) is 0 Å². The zero-order valence-corrected chi connectivity index (χ0v) is 9.12. The fourth-order valence-electron chi connectivity index (χ4n) is 2.05. The molecule has 80 valence electrons. The minimum absolute atomic E-state index is 0.414. The molecule has 2 heteroatoms. The number of rotatable bonds is 2. The van der Waals surface area contributed by atoms with Crippen LogP contribution in [0.25, 0.3) is 0 Å². The summed E-state index contributed by atoms with van der Waals surface area (Å²) >= 11 is 0. The molecule has 0 atom stereocenters. The molecule has 1 fully saturated rings. The van der Waals surface area contributed by atoms with Crippen LogP contribution < -0.4 is 5.32 Å². The van der Waals surface area contributed by atoms with Crippen LogP contribution in [0.5, 0.6) is 0 Å². The molecule has 0 aromatic heterocycles. The van der Waals surface area contributed by atoms with Gasteiger partial charge in [-0.3, -0.25) is 4.79 Å². The number of nitrogens with one attached hydrogen (secondary N) is 1. The van der Waals surface area contributed by atoms with E-state index in [9.17, 15) is 4.79 Å². The number of hydrogen-bond acceptors (Lipinski definition) is 2. The lowest BCUT2D eigenvalue weighted by molar-refractivity contribution is -0.120. The normalized spacial score (nSPS) is 17.8. The summed E-state index contributed by atoms with van der Waals surface area (Å²) in [6.45, 7) is 2.09. The first-order valence-electron chi connectivity index (χ1n) is 5.59. The molecule has 0 aliphatic heterocycles. The maximum absolute atomic E-state index is 11.1. The molecule has 2 nitrogen and oxygen atoms in total. The van der Waals surface area contributed by atoms with E-state index >= 15 is 0 Å². The van der Waals surface area contributed by atoms with E-state index in [-0.39, 0.29) is 0 Å². The second-order valence-electron chi connectivity index (χ2n) is 4.33. The number of anilines is 1. The van der Waals surface area contributed by atoms with Crippen molar-refractivity contribution in [2.75, 3.05) is 5.32 Å². The molecular weight excluding hydrogens is 186 g/mol. The SMILES string of the molecule is Cc1cccc(NC2CCC(=O)CC2)c1. The maximum Gasteiger partial charge on any atom is 0.133 e. The second kappa shape index (κ2) is 4.47. The first kappa shape index (κ1) is 10.2. The monoisotopic (exact) mass is 203 g/mol. The van der Waals surface area contributed by atoms with Gasteiger partial charge >= 0.3 is 0 Å². The van der Waals surface area contributed by atoms with Crippen molar-refractivity contribution in [2.24, 2.45) is 0 Å². The van der Waals surface area contributed by atoms with Crippen LogP contribution in [0.1, 0.15) is 31.2 Å².